The minimum atomic E-state index is 0.567. The van der Waals surface area contributed by atoms with Crippen molar-refractivity contribution in [3.05, 3.63) is 30.4 Å². The van der Waals surface area contributed by atoms with E-state index in [-0.39, 0.29) is 0 Å². The van der Waals surface area contributed by atoms with E-state index in [0.29, 0.717) is 5.92 Å². The molecular weight excluding hydrogens is 238 g/mol. The number of pyridine rings is 1. The molecule has 0 atom stereocenters. The highest BCUT2D eigenvalue weighted by molar-refractivity contribution is 5.59. The van der Waals surface area contributed by atoms with Crippen LogP contribution in [0.2, 0.25) is 0 Å². The normalized spacial score (nSPS) is 18.0. The zero-order chi connectivity index (χ0) is 13.2. The molecule has 0 bridgehead atoms. The number of aromatic nitrogens is 2. The van der Waals surface area contributed by atoms with Crippen LogP contribution >= 0.6 is 0 Å². The molecule has 1 aliphatic rings. The number of nitrogens with zero attached hydrogens (tertiary/aromatic N) is 3. The van der Waals surface area contributed by atoms with Gasteiger partial charge >= 0.3 is 0 Å². The molecule has 0 aliphatic carbocycles. The summed E-state index contributed by atoms with van der Waals surface area (Å²) in [6.45, 7) is 5.75. The third kappa shape index (κ3) is 2.21. The number of imidazole rings is 1. The van der Waals surface area contributed by atoms with Crippen molar-refractivity contribution in [2.45, 2.75) is 25.7 Å². The highest BCUT2D eigenvalue weighted by atomic mass is 16.5. The van der Waals surface area contributed by atoms with Crippen molar-refractivity contribution in [2.24, 2.45) is 0 Å². The standard InChI is InChI=1S/C15H21N3O/c1-3-17-9-6-12(7-10-17)15-16-11-13-14(19-2)5-4-8-18(13)15/h4-5,8,11-12H,3,6-7,9-10H2,1-2H3. The van der Waals surface area contributed by atoms with Crippen LogP contribution in [0.5, 0.6) is 5.75 Å². The Balaban J connectivity index is 1.90. The second-order valence-corrected chi connectivity index (χ2v) is 5.16. The zero-order valence-corrected chi connectivity index (χ0v) is 11.7. The summed E-state index contributed by atoms with van der Waals surface area (Å²) in [5, 5.41) is 0. The number of ether oxygens (including phenoxy) is 1. The lowest BCUT2D eigenvalue weighted by Gasteiger charge is -2.30. The third-order valence-corrected chi connectivity index (χ3v) is 4.18. The topological polar surface area (TPSA) is 29.8 Å². The highest BCUT2D eigenvalue weighted by Crippen LogP contribution is 2.29. The van der Waals surface area contributed by atoms with E-state index in [1.54, 1.807) is 7.11 Å². The largest absolute Gasteiger partial charge is 0.494 e. The molecule has 3 rings (SSSR count). The molecule has 19 heavy (non-hydrogen) atoms. The van der Waals surface area contributed by atoms with Gasteiger partial charge in [-0.25, -0.2) is 4.98 Å². The Morgan fingerprint density at radius 3 is 2.84 bits per heavy atom. The summed E-state index contributed by atoms with van der Waals surface area (Å²) in [7, 11) is 1.71. The van der Waals surface area contributed by atoms with Crippen molar-refractivity contribution >= 4 is 5.52 Å². The van der Waals surface area contributed by atoms with Crippen LogP contribution in [0.4, 0.5) is 0 Å². The van der Waals surface area contributed by atoms with Crippen molar-refractivity contribution in [1.29, 1.82) is 0 Å². The quantitative estimate of drug-likeness (QED) is 0.848. The average molecular weight is 259 g/mol. The van der Waals surface area contributed by atoms with E-state index < -0.39 is 0 Å². The van der Waals surface area contributed by atoms with Crippen LogP contribution in [-0.2, 0) is 0 Å². The molecular formula is C15H21N3O. The van der Waals surface area contributed by atoms with Crippen LogP contribution in [0.25, 0.3) is 5.52 Å². The van der Waals surface area contributed by atoms with Crippen LogP contribution in [0.15, 0.2) is 24.5 Å². The molecule has 3 heterocycles. The molecule has 1 aliphatic heterocycles. The van der Waals surface area contributed by atoms with Gasteiger partial charge < -0.3 is 14.0 Å². The molecule has 2 aromatic heterocycles. The first-order chi connectivity index (χ1) is 9.33. The van der Waals surface area contributed by atoms with Gasteiger partial charge in [-0.05, 0) is 44.6 Å². The van der Waals surface area contributed by atoms with E-state index in [9.17, 15) is 0 Å². The van der Waals surface area contributed by atoms with Gasteiger partial charge in [-0.2, -0.15) is 0 Å². The zero-order valence-electron chi connectivity index (χ0n) is 11.7. The van der Waals surface area contributed by atoms with Gasteiger partial charge in [0, 0.05) is 12.1 Å². The van der Waals surface area contributed by atoms with Gasteiger partial charge in [-0.15, -0.1) is 0 Å². The van der Waals surface area contributed by atoms with E-state index in [1.165, 1.54) is 31.8 Å². The minimum Gasteiger partial charge on any atom is -0.494 e. The average Bonchev–Trinajstić information content (AvgIpc) is 2.91. The van der Waals surface area contributed by atoms with Crippen LogP contribution < -0.4 is 4.74 Å². The molecule has 102 valence electrons. The van der Waals surface area contributed by atoms with E-state index >= 15 is 0 Å². The molecule has 0 aromatic carbocycles. The van der Waals surface area contributed by atoms with E-state index in [2.05, 4.69) is 27.4 Å². The van der Waals surface area contributed by atoms with Crippen molar-refractivity contribution in [3.63, 3.8) is 0 Å². The van der Waals surface area contributed by atoms with E-state index in [4.69, 9.17) is 4.74 Å². The van der Waals surface area contributed by atoms with Gasteiger partial charge in [0.2, 0.25) is 0 Å². The number of rotatable bonds is 3. The third-order valence-electron chi connectivity index (χ3n) is 4.18. The molecule has 0 radical (unpaired) electrons. The Bertz CT molecular complexity index is 556. The number of hydrogen-bond donors (Lipinski definition) is 0. The summed E-state index contributed by atoms with van der Waals surface area (Å²) in [5.41, 5.74) is 1.07. The maximum Gasteiger partial charge on any atom is 0.144 e. The summed E-state index contributed by atoms with van der Waals surface area (Å²) < 4.78 is 7.58. The van der Waals surface area contributed by atoms with Crippen LogP contribution in [0, 0.1) is 0 Å². The molecule has 0 saturated carbocycles. The van der Waals surface area contributed by atoms with Crippen molar-refractivity contribution in [3.8, 4) is 5.75 Å². The number of fused-ring (bicyclic) bond motifs is 1. The predicted molar refractivity (Wildman–Crippen MR) is 75.8 cm³/mol. The Morgan fingerprint density at radius 2 is 2.16 bits per heavy atom. The van der Waals surface area contributed by atoms with E-state index in [0.717, 1.165) is 17.8 Å². The molecule has 2 aromatic rings. The van der Waals surface area contributed by atoms with Gasteiger partial charge in [0.25, 0.3) is 0 Å². The Hall–Kier alpha value is -1.55. The summed E-state index contributed by atoms with van der Waals surface area (Å²) in [6, 6.07) is 4.01. The predicted octanol–water partition coefficient (Wildman–Crippen LogP) is 2.54. The van der Waals surface area contributed by atoms with Gasteiger partial charge in [0.05, 0.1) is 13.3 Å². The van der Waals surface area contributed by atoms with Crippen LogP contribution in [-0.4, -0.2) is 41.0 Å². The van der Waals surface area contributed by atoms with Crippen molar-refractivity contribution in [1.82, 2.24) is 14.3 Å². The van der Waals surface area contributed by atoms with Gasteiger partial charge in [0.15, 0.2) is 0 Å². The smallest absolute Gasteiger partial charge is 0.144 e. The lowest BCUT2D eigenvalue weighted by molar-refractivity contribution is 0.219. The highest BCUT2D eigenvalue weighted by Gasteiger charge is 2.23. The molecule has 1 fully saturated rings. The molecule has 0 unspecified atom stereocenters. The van der Waals surface area contributed by atoms with Gasteiger partial charge in [0.1, 0.15) is 17.1 Å². The summed E-state index contributed by atoms with van der Waals surface area (Å²) in [4.78, 5) is 7.15. The van der Waals surface area contributed by atoms with Gasteiger partial charge in [-0.3, -0.25) is 0 Å². The lowest BCUT2D eigenvalue weighted by Crippen LogP contribution is -2.33. The monoisotopic (exact) mass is 259 g/mol. The van der Waals surface area contributed by atoms with Crippen LogP contribution in [0.3, 0.4) is 0 Å². The first-order valence-corrected chi connectivity index (χ1v) is 7.05. The lowest BCUT2D eigenvalue weighted by atomic mass is 9.96. The summed E-state index contributed by atoms with van der Waals surface area (Å²) in [6.07, 6.45) is 6.42. The Labute approximate surface area is 114 Å². The number of methoxy groups -OCH3 is 1. The first kappa shape index (κ1) is 12.5. The van der Waals surface area contributed by atoms with Crippen molar-refractivity contribution < 1.29 is 4.74 Å². The maximum atomic E-state index is 5.39. The SMILES string of the molecule is CCN1CCC(c2ncc3c(OC)cccn23)CC1. The minimum absolute atomic E-state index is 0.567. The fourth-order valence-electron chi connectivity index (χ4n) is 3.00. The second kappa shape index (κ2) is 5.21. The van der Waals surface area contributed by atoms with Gasteiger partial charge in [-0.1, -0.05) is 6.92 Å². The fraction of sp³-hybridized carbons (Fsp3) is 0.533. The summed E-state index contributed by atoms with van der Waals surface area (Å²) in [5.74, 6) is 2.65. The first-order valence-electron chi connectivity index (χ1n) is 7.05. The van der Waals surface area contributed by atoms with E-state index in [1.807, 2.05) is 18.3 Å². The van der Waals surface area contributed by atoms with Crippen LogP contribution in [0.1, 0.15) is 31.5 Å². The molecule has 0 spiro atoms. The number of likely N-dealkylation sites (tertiary alicyclic amines) is 1. The maximum absolute atomic E-state index is 5.39. The molecule has 0 N–H and O–H groups in total. The summed E-state index contributed by atoms with van der Waals surface area (Å²) >= 11 is 0. The Morgan fingerprint density at radius 1 is 1.37 bits per heavy atom. The molecule has 4 heteroatoms. The van der Waals surface area contributed by atoms with Crippen molar-refractivity contribution in [2.75, 3.05) is 26.7 Å². The Kier molecular flexibility index (Phi) is 3.42. The molecule has 0 amide bonds. The number of hydrogen-bond acceptors (Lipinski definition) is 3. The fourth-order valence-corrected chi connectivity index (χ4v) is 3.00. The molecule has 4 nitrogen and oxygen atoms in total. The molecule has 1 saturated heterocycles. The second-order valence-electron chi connectivity index (χ2n) is 5.16. The number of piperidine rings is 1.